The Balaban J connectivity index is 2.80. The van der Waals surface area contributed by atoms with E-state index in [9.17, 15) is 0 Å². The molecule has 13 heavy (non-hydrogen) atoms. The Morgan fingerprint density at radius 1 is 1.31 bits per heavy atom. The first-order chi connectivity index (χ1) is 6.26. The SMILES string of the molecule is CCc1ccc(C=C(C)CN)cc1. The lowest BCUT2D eigenvalue weighted by molar-refractivity contribution is 1.14. The van der Waals surface area contributed by atoms with E-state index in [1.807, 2.05) is 6.92 Å². The number of hydrogen-bond acceptors (Lipinski definition) is 1. The normalized spacial score (nSPS) is 11.8. The van der Waals surface area contributed by atoms with Crippen molar-refractivity contribution in [3.8, 4) is 0 Å². The van der Waals surface area contributed by atoms with E-state index in [4.69, 9.17) is 5.73 Å². The Morgan fingerprint density at radius 3 is 2.38 bits per heavy atom. The molecule has 0 atom stereocenters. The standard InChI is InChI=1S/C12H17N/c1-3-11-4-6-12(7-5-11)8-10(2)9-13/h4-8H,3,9,13H2,1-2H3. The second-order valence-corrected chi connectivity index (χ2v) is 3.29. The van der Waals surface area contributed by atoms with Gasteiger partial charge in [0.2, 0.25) is 0 Å². The molecule has 2 N–H and O–H groups in total. The van der Waals surface area contributed by atoms with Crippen molar-refractivity contribution in [1.29, 1.82) is 0 Å². The first-order valence-corrected chi connectivity index (χ1v) is 4.72. The molecular weight excluding hydrogens is 158 g/mol. The average molecular weight is 175 g/mol. The molecule has 0 spiro atoms. The van der Waals surface area contributed by atoms with Gasteiger partial charge in [0.25, 0.3) is 0 Å². The monoisotopic (exact) mass is 175 g/mol. The summed E-state index contributed by atoms with van der Waals surface area (Å²) in [5, 5.41) is 0. The number of hydrogen-bond donors (Lipinski definition) is 1. The van der Waals surface area contributed by atoms with Crippen LogP contribution in [0, 0.1) is 0 Å². The number of aryl methyl sites for hydroxylation is 1. The highest BCUT2D eigenvalue weighted by Gasteiger charge is 1.90. The Labute approximate surface area is 80.3 Å². The lowest BCUT2D eigenvalue weighted by atomic mass is 10.1. The van der Waals surface area contributed by atoms with E-state index in [0.717, 1.165) is 6.42 Å². The second kappa shape index (κ2) is 4.83. The molecule has 1 aromatic rings. The van der Waals surface area contributed by atoms with Gasteiger partial charge in [0.05, 0.1) is 0 Å². The molecule has 0 amide bonds. The molecule has 0 saturated heterocycles. The van der Waals surface area contributed by atoms with Crippen LogP contribution in [0.5, 0.6) is 0 Å². The van der Waals surface area contributed by atoms with Crippen molar-refractivity contribution >= 4 is 6.08 Å². The third-order valence-corrected chi connectivity index (χ3v) is 2.12. The summed E-state index contributed by atoms with van der Waals surface area (Å²) in [6.45, 7) is 4.85. The maximum atomic E-state index is 5.51. The Bertz CT molecular complexity index is 282. The van der Waals surface area contributed by atoms with Gasteiger partial charge >= 0.3 is 0 Å². The van der Waals surface area contributed by atoms with Gasteiger partial charge in [0, 0.05) is 6.54 Å². The van der Waals surface area contributed by atoms with Crippen molar-refractivity contribution in [2.75, 3.05) is 6.54 Å². The fraction of sp³-hybridized carbons (Fsp3) is 0.333. The maximum absolute atomic E-state index is 5.51. The lowest BCUT2D eigenvalue weighted by Gasteiger charge is -1.99. The first kappa shape index (κ1) is 10.0. The van der Waals surface area contributed by atoms with Gasteiger partial charge in [-0.1, -0.05) is 42.8 Å². The number of benzene rings is 1. The zero-order valence-corrected chi connectivity index (χ0v) is 8.38. The maximum Gasteiger partial charge on any atom is 0.0137 e. The number of rotatable bonds is 3. The second-order valence-electron chi connectivity index (χ2n) is 3.29. The molecule has 0 aliphatic heterocycles. The Morgan fingerprint density at radius 2 is 1.92 bits per heavy atom. The Hall–Kier alpha value is -1.08. The predicted octanol–water partition coefficient (Wildman–Crippen LogP) is 2.61. The summed E-state index contributed by atoms with van der Waals surface area (Å²) in [6, 6.07) is 8.60. The molecule has 0 heterocycles. The smallest absolute Gasteiger partial charge is 0.0137 e. The van der Waals surface area contributed by atoms with Gasteiger partial charge in [-0.25, -0.2) is 0 Å². The van der Waals surface area contributed by atoms with Crippen molar-refractivity contribution in [2.24, 2.45) is 5.73 Å². The van der Waals surface area contributed by atoms with Crippen molar-refractivity contribution in [3.63, 3.8) is 0 Å². The van der Waals surface area contributed by atoms with E-state index < -0.39 is 0 Å². The van der Waals surface area contributed by atoms with Crippen LogP contribution in [0.2, 0.25) is 0 Å². The summed E-state index contributed by atoms with van der Waals surface area (Å²) in [5.74, 6) is 0. The van der Waals surface area contributed by atoms with Gasteiger partial charge in [-0.2, -0.15) is 0 Å². The molecule has 0 saturated carbocycles. The summed E-state index contributed by atoms with van der Waals surface area (Å²) < 4.78 is 0. The van der Waals surface area contributed by atoms with Crippen LogP contribution in [-0.2, 0) is 6.42 Å². The fourth-order valence-electron chi connectivity index (χ4n) is 1.19. The zero-order chi connectivity index (χ0) is 9.68. The first-order valence-electron chi connectivity index (χ1n) is 4.72. The van der Waals surface area contributed by atoms with Crippen LogP contribution in [0.1, 0.15) is 25.0 Å². The lowest BCUT2D eigenvalue weighted by Crippen LogP contribution is -1.99. The number of nitrogens with two attached hydrogens (primary N) is 1. The highest BCUT2D eigenvalue weighted by Crippen LogP contribution is 2.08. The molecule has 0 bridgehead atoms. The molecule has 0 unspecified atom stereocenters. The van der Waals surface area contributed by atoms with E-state index in [1.54, 1.807) is 0 Å². The van der Waals surface area contributed by atoms with Crippen LogP contribution in [0.15, 0.2) is 29.8 Å². The summed E-state index contributed by atoms with van der Waals surface area (Å²) >= 11 is 0. The topological polar surface area (TPSA) is 26.0 Å². The van der Waals surface area contributed by atoms with E-state index in [2.05, 4.69) is 37.3 Å². The van der Waals surface area contributed by atoms with E-state index in [0.29, 0.717) is 6.54 Å². The van der Waals surface area contributed by atoms with E-state index in [-0.39, 0.29) is 0 Å². The van der Waals surface area contributed by atoms with E-state index in [1.165, 1.54) is 16.7 Å². The zero-order valence-electron chi connectivity index (χ0n) is 8.38. The van der Waals surface area contributed by atoms with Crippen LogP contribution < -0.4 is 5.73 Å². The summed E-state index contributed by atoms with van der Waals surface area (Å²) in [5.41, 5.74) is 9.33. The summed E-state index contributed by atoms with van der Waals surface area (Å²) in [7, 11) is 0. The van der Waals surface area contributed by atoms with Crippen molar-refractivity contribution in [3.05, 3.63) is 41.0 Å². The molecule has 0 aliphatic carbocycles. The van der Waals surface area contributed by atoms with Crippen LogP contribution in [-0.4, -0.2) is 6.54 Å². The highest BCUT2D eigenvalue weighted by atomic mass is 14.5. The summed E-state index contributed by atoms with van der Waals surface area (Å²) in [6.07, 6.45) is 3.22. The van der Waals surface area contributed by atoms with Gasteiger partial charge in [-0.3, -0.25) is 0 Å². The fourth-order valence-corrected chi connectivity index (χ4v) is 1.19. The van der Waals surface area contributed by atoms with Crippen molar-refractivity contribution in [1.82, 2.24) is 0 Å². The molecule has 0 radical (unpaired) electrons. The van der Waals surface area contributed by atoms with Crippen LogP contribution >= 0.6 is 0 Å². The molecule has 1 heteroatoms. The molecule has 70 valence electrons. The largest absolute Gasteiger partial charge is 0.327 e. The van der Waals surface area contributed by atoms with Gasteiger partial charge in [-0.15, -0.1) is 0 Å². The molecule has 0 fully saturated rings. The molecule has 1 aromatic carbocycles. The van der Waals surface area contributed by atoms with Crippen LogP contribution in [0.25, 0.3) is 6.08 Å². The Kier molecular flexibility index (Phi) is 3.71. The highest BCUT2D eigenvalue weighted by molar-refractivity contribution is 5.53. The van der Waals surface area contributed by atoms with E-state index >= 15 is 0 Å². The predicted molar refractivity (Wildman–Crippen MR) is 58.5 cm³/mol. The minimum Gasteiger partial charge on any atom is -0.327 e. The average Bonchev–Trinajstić information content (AvgIpc) is 2.19. The summed E-state index contributed by atoms with van der Waals surface area (Å²) in [4.78, 5) is 0. The molecule has 0 aliphatic rings. The minimum atomic E-state index is 0.634. The van der Waals surface area contributed by atoms with Gasteiger partial charge in [0.1, 0.15) is 0 Å². The molecule has 1 nitrogen and oxygen atoms in total. The minimum absolute atomic E-state index is 0.634. The van der Waals surface area contributed by atoms with Crippen molar-refractivity contribution < 1.29 is 0 Å². The van der Waals surface area contributed by atoms with Gasteiger partial charge in [-0.05, 0) is 24.5 Å². The van der Waals surface area contributed by atoms with Crippen LogP contribution in [0.4, 0.5) is 0 Å². The van der Waals surface area contributed by atoms with Gasteiger partial charge < -0.3 is 5.73 Å². The molecule has 1 rings (SSSR count). The molecule has 0 aromatic heterocycles. The third-order valence-electron chi connectivity index (χ3n) is 2.12. The molecular formula is C12H17N. The van der Waals surface area contributed by atoms with Crippen molar-refractivity contribution in [2.45, 2.75) is 20.3 Å². The van der Waals surface area contributed by atoms with Gasteiger partial charge in [0.15, 0.2) is 0 Å². The quantitative estimate of drug-likeness (QED) is 0.750. The third kappa shape index (κ3) is 3.03. The van der Waals surface area contributed by atoms with Crippen LogP contribution in [0.3, 0.4) is 0 Å².